The second-order valence-electron chi connectivity index (χ2n) is 4.78. The zero-order valence-corrected chi connectivity index (χ0v) is 10.7. The molecule has 1 aromatic rings. The largest absolute Gasteiger partial charge is 0.377 e. The first-order chi connectivity index (χ1) is 8.36. The van der Waals surface area contributed by atoms with E-state index in [2.05, 4.69) is 15.3 Å². The average Bonchev–Trinajstić information content (AvgIpc) is 2.76. The highest BCUT2D eigenvalue weighted by atomic mass is 16.5. The minimum atomic E-state index is 0.512. The maximum atomic E-state index is 5.84. The number of aromatic amines is 1. The maximum Gasteiger partial charge on any atom is 0.0925 e. The molecule has 0 atom stereocenters. The van der Waals surface area contributed by atoms with E-state index in [4.69, 9.17) is 4.74 Å². The van der Waals surface area contributed by atoms with Crippen LogP contribution in [0.5, 0.6) is 0 Å². The summed E-state index contributed by atoms with van der Waals surface area (Å²) in [5.74, 6) is 0. The van der Waals surface area contributed by atoms with Crippen LogP contribution in [0.15, 0.2) is 6.33 Å². The maximum absolute atomic E-state index is 5.84. The highest BCUT2D eigenvalue weighted by molar-refractivity contribution is 5.07. The Kier molecular flexibility index (Phi) is 5.01. The van der Waals surface area contributed by atoms with E-state index in [9.17, 15) is 0 Å². The van der Waals surface area contributed by atoms with Gasteiger partial charge in [0.2, 0.25) is 0 Å². The summed E-state index contributed by atoms with van der Waals surface area (Å²) in [6.07, 6.45) is 8.81. The number of hydrogen-bond donors (Lipinski definition) is 2. The normalized spacial score (nSPS) is 17.5. The molecule has 1 aliphatic carbocycles. The number of imidazole rings is 1. The molecule has 4 heteroatoms. The van der Waals surface area contributed by atoms with Crippen LogP contribution in [0.4, 0.5) is 0 Å². The van der Waals surface area contributed by atoms with E-state index in [1.165, 1.54) is 32.1 Å². The summed E-state index contributed by atoms with van der Waals surface area (Å²) >= 11 is 0. The van der Waals surface area contributed by atoms with Gasteiger partial charge in [-0.05, 0) is 19.8 Å². The van der Waals surface area contributed by atoms with E-state index in [1.807, 2.05) is 6.92 Å². The Morgan fingerprint density at radius 1 is 1.41 bits per heavy atom. The molecular formula is C13H23N3O. The molecule has 96 valence electrons. The van der Waals surface area contributed by atoms with Crippen LogP contribution in [0.3, 0.4) is 0 Å². The lowest BCUT2D eigenvalue weighted by atomic mass is 9.98. The minimum absolute atomic E-state index is 0.512. The Balaban J connectivity index is 1.53. The molecule has 0 amide bonds. The van der Waals surface area contributed by atoms with Gasteiger partial charge in [0.15, 0.2) is 0 Å². The minimum Gasteiger partial charge on any atom is -0.377 e. The Labute approximate surface area is 103 Å². The van der Waals surface area contributed by atoms with Gasteiger partial charge in [-0.2, -0.15) is 0 Å². The van der Waals surface area contributed by atoms with Crippen molar-refractivity contribution in [1.82, 2.24) is 15.3 Å². The van der Waals surface area contributed by atoms with E-state index in [0.717, 1.165) is 31.1 Å². The van der Waals surface area contributed by atoms with Gasteiger partial charge in [-0.15, -0.1) is 0 Å². The molecule has 0 radical (unpaired) electrons. The summed E-state index contributed by atoms with van der Waals surface area (Å²) < 4.78 is 5.84. The Hall–Kier alpha value is -0.870. The van der Waals surface area contributed by atoms with Crippen LogP contribution in [0, 0.1) is 6.92 Å². The van der Waals surface area contributed by atoms with Gasteiger partial charge < -0.3 is 15.0 Å². The van der Waals surface area contributed by atoms with E-state index in [1.54, 1.807) is 6.33 Å². The van der Waals surface area contributed by atoms with Crippen molar-refractivity contribution in [2.75, 3.05) is 13.2 Å². The van der Waals surface area contributed by atoms with Gasteiger partial charge >= 0.3 is 0 Å². The van der Waals surface area contributed by atoms with Gasteiger partial charge in [-0.3, -0.25) is 0 Å². The van der Waals surface area contributed by atoms with E-state index in [0.29, 0.717) is 6.10 Å². The molecule has 1 heterocycles. The number of nitrogens with zero attached hydrogens (tertiary/aromatic N) is 1. The number of aryl methyl sites for hydroxylation is 1. The Morgan fingerprint density at radius 2 is 2.24 bits per heavy atom. The number of hydrogen-bond acceptors (Lipinski definition) is 3. The summed E-state index contributed by atoms with van der Waals surface area (Å²) in [6.45, 7) is 4.59. The van der Waals surface area contributed by atoms with Crippen LogP contribution in [0.25, 0.3) is 0 Å². The van der Waals surface area contributed by atoms with Crippen molar-refractivity contribution in [2.45, 2.75) is 51.7 Å². The lowest BCUT2D eigenvalue weighted by Gasteiger charge is -2.21. The van der Waals surface area contributed by atoms with Gasteiger partial charge in [-0.1, -0.05) is 19.3 Å². The van der Waals surface area contributed by atoms with Crippen LogP contribution in [0.2, 0.25) is 0 Å². The van der Waals surface area contributed by atoms with Crippen molar-refractivity contribution in [1.29, 1.82) is 0 Å². The molecular weight excluding hydrogens is 214 g/mol. The SMILES string of the molecule is Cc1[nH]cnc1CNCCOC1CCCCC1. The second kappa shape index (κ2) is 6.77. The molecule has 0 spiro atoms. The summed E-state index contributed by atoms with van der Waals surface area (Å²) in [6, 6.07) is 0. The predicted octanol–water partition coefficient (Wildman–Crippen LogP) is 2.16. The van der Waals surface area contributed by atoms with Gasteiger partial charge in [0, 0.05) is 18.8 Å². The standard InChI is InChI=1S/C13H23N3O/c1-11-13(16-10-15-11)9-14-7-8-17-12-5-3-2-4-6-12/h10,12,14H,2-9H2,1H3,(H,15,16). The van der Waals surface area contributed by atoms with Crippen molar-refractivity contribution in [3.05, 3.63) is 17.7 Å². The number of rotatable bonds is 6. The molecule has 2 rings (SSSR count). The number of H-pyrrole nitrogens is 1. The van der Waals surface area contributed by atoms with Crippen LogP contribution in [-0.4, -0.2) is 29.2 Å². The monoisotopic (exact) mass is 237 g/mol. The first-order valence-electron chi connectivity index (χ1n) is 6.67. The van der Waals surface area contributed by atoms with Crippen molar-refractivity contribution in [3.63, 3.8) is 0 Å². The molecule has 0 aromatic carbocycles. The second-order valence-corrected chi connectivity index (χ2v) is 4.78. The molecule has 0 saturated heterocycles. The third kappa shape index (κ3) is 4.13. The van der Waals surface area contributed by atoms with Gasteiger partial charge in [0.25, 0.3) is 0 Å². The molecule has 1 saturated carbocycles. The average molecular weight is 237 g/mol. The molecule has 17 heavy (non-hydrogen) atoms. The number of aromatic nitrogens is 2. The molecule has 1 aromatic heterocycles. The smallest absolute Gasteiger partial charge is 0.0925 e. The van der Waals surface area contributed by atoms with Crippen molar-refractivity contribution in [3.8, 4) is 0 Å². The van der Waals surface area contributed by atoms with Crippen LogP contribution in [0.1, 0.15) is 43.5 Å². The molecule has 0 bridgehead atoms. The fourth-order valence-corrected chi connectivity index (χ4v) is 2.30. The molecule has 2 N–H and O–H groups in total. The topological polar surface area (TPSA) is 49.9 Å². The van der Waals surface area contributed by atoms with Crippen molar-refractivity contribution >= 4 is 0 Å². The van der Waals surface area contributed by atoms with E-state index in [-0.39, 0.29) is 0 Å². The quantitative estimate of drug-likeness (QED) is 0.745. The highest BCUT2D eigenvalue weighted by Gasteiger charge is 2.12. The zero-order chi connectivity index (χ0) is 11.9. The fraction of sp³-hybridized carbons (Fsp3) is 0.769. The number of ether oxygens (including phenoxy) is 1. The highest BCUT2D eigenvalue weighted by Crippen LogP contribution is 2.19. The first kappa shape index (κ1) is 12.6. The van der Waals surface area contributed by atoms with E-state index < -0.39 is 0 Å². The third-order valence-corrected chi connectivity index (χ3v) is 3.41. The molecule has 0 aliphatic heterocycles. The summed E-state index contributed by atoms with van der Waals surface area (Å²) in [4.78, 5) is 7.32. The fourth-order valence-electron chi connectivity index (χ4n) is 2.30. The first-order valence-corrected chi connectivity index (χ1v) is 6.67. The lowest BCUT2D eigenvalue weighted by Crippen LogP contribution is -2.24. The lowest BCUT2D eigenvalue weighted by molar-refractivity contribution is 0.0302. The zero-order valence-electron chi connectivity index (χ0n) is 10.7. The molecule has 1 fully saturated rings. The summed E-state index contributed by atoms with van der Waals surface area (Å²) in [5.41, 5.74) is 2.24. The summed E-state index contributed by atoms with van der Waals surface area (Å²) in [5, 5.41) is 3.36. The Morgan fingerprint density at radius 3 is 2.94 bits per heavy atom. The van der Waals surface area contributed by atoms with Gasteiger partial charge in [0.05, 0.1) is 24.7 Å². The predicted molar refractivity (Wildman–Crippen MR) is 67.9 cm³/mol. The van der Waals surface area contributed by atoms with Gasteiger partial charge in [-0.25, -0.2) is 4.98 Å². The van der Waals surface area contributed by atoms with Crippen molar-refractivity contribution in [2.24, 2.45) is 0 Å². The van der Waals surface area contributed by atoms with Crippen LogP contribution >= 0.6 is 0 Å². The molecule has 4 nitrogen and oxygen atoms in total. The number of nitrogens with one attached hydrogen (secondary N) is 2. The third-order valence-electron chi connectivity index (χ3n) is 3.41. The molecule has 0 unspecified atom stereocenters. The van der Waals surface area contributed by atoms with E-state index >= 15 is 0 Å². The van der Waals surface area contributed by atoms with Gasteiger partial charge in [0.1, 0.15) is 0 Å². The van der Waals surface area contributed by atoms with Crippen LogP contribution < -0.4 is 5.32 Å². The Bertz CT molecular complexity index is 318. The van der Waals surface area contributed by atoms with Crippen molar-refractivity contribution < 1.29 is 4.74 Å². The summed E-state index contributed by atoms with van der Waals surface area (Å²) in [7, 11) is 0. The molecule has 1 aliphatic rings. The van der Waals surface area contributed by atoms with Crippen LogP contribution in [-0.2, 0) is 11.3 Å².